The van der Waals surface area contributed by atoms with Gasteiger partial charge in [-0.1, -0.05) is 60.8 Å². The fraction of sp³-hybridized carbons (Fsp3) is 0.947. The van der Waals surface area contributed by atoms with Gasteiger partial charge in [-0.15, -0.1) is 0 Å². The van der Waals surface area contributed by atoms with Gasteiger partial charge in [-0.3, -0.25) is 0 Å². The Morgan fingerprint density at radius 1 is 1.04 bits per heavy atom. The summed E-state index contributed by atoms with van der Waals surface area (Å²) in [5, 5.41) is 5.48. The van der Waals surface area contributed by atoms with E-state index in [1.165, 1.54) is 6.26 Å². The molecule has 0 aromatic rings. The summed E-state index contributed by atoms with van der Waals surface area (Å²) in [4.78, 5) is 12.6. The van der Waals surface area contributed by atoms with Gasteiger partial charge in [0, 0.05) is 12.8 Å². The van der Waals surface area contributed by atoms with Gasteiger partial charge in [-0.25, -0.2) is 13.2 Å². The van der Waals surface area contributed by atoms with Crippen LogP contribution in [0.15, 0.2) is 0 Å². The van der Waals surface area contributed by atoms with Crippen molar-refractivity contribution in [2.75, 3.05) is 12.8 Å². The molecule has 0 aliphatic heterocycles. The number of nitrogens with one attached hydrogen (secondary N) is 2. The lowest BCUT2D eigenvalue weighted by Gasteiger charge is -2.41. The van der Waals surface area contributed by atoms with Crippen LogP contribution in [0.3, 0.4) is 0 Å². The topological polar surface area (TPSA) is 75.3 Å². The van der Waals surface area contributed by atoms with Crippen molar-refractivity contribution in [3.8, 4) is 0 Å². The van der Waals surface area contributed by atoms with Crippen LogP contribution in [0.4, 0.5) is 4.79 Å². The third-order valence-electron chi connectivity index (χ3n) is 5.22. The molecule has 0 aliphatic carbocycles. The maximum absolute atomic E-state index is 12.6. The highest BCUT2D eigenvalue weighted by atomic mass is 32.2. The molecule has 6 heteroatoms. The van der Waals surface area contributed by atoms with Gasteiger partial charge in [0.05, 0.1) is 10.8 Å². The third-order valence-corrected chi connectivity index (χ3v) is 7.04. The van der Waals surface area contributed by atoms with Crippen molar-refractivity contribution in [2.24, 2.45) is 5.41 Å². The van der Waals surface area contributed by atoms with Crippen LogP contribution in [0.1, 0.15) is 86.5 Å². The molecule has 5 nitrogen and oxygen atoms in total. The molecule has 0 saturated carbocycles. The van der Waals surface area contributed by atoms with E-state index in [0.717, 1.165) is 25.7 Å². The fourth-order valence-corrected chi connectivity index (χ4v) is 5.13. The van der Waals surface area contributed by atoms with E-state index >= 15 is 0 Å². The number of hydrogen-bond acceptors (Lipinski definition) is 3. The van der Waals surface area contributed by atoms with E-state index in [0.29, 0.717) is 25.8 Å². The SMILES string of the molecule is CCCCC(CCC)(NC(=O)NCC(C)(C)CC)C(CC)S(C)(=O)=O. The van der Waals surface area contributed by atoms with Crippen LogP contribution in [0.25, 0.3) is 0 Å². The summed E-state index contributed by atoms with van der Waals surface area (Å²) in [6.45, 7) is 12.9. The van der Waals surface area contributed by atoms with Crippen LogP contribution in [-0.4, -0.2) is 38.0 Å². The summed E-state index contributed by atoms with van der Waals surface area (Å²) in [6.07, 6.45) is 6.81. The second-order valence-corrected chi connectivity index (χ2v) is 10.3. The number of unbranched alkanes of at least 4 members (excludes halogenated alkanes) is 1. The monoisotopic (exact) mass is 376 g/mol. The predicted molar refractivity (Wildman–Crippen MR) is 107 cm³/mol. The van der Waals surface area contributed by atoms with Crippen molar-refractivity contribution in [1.29, 1.82) is 0 Å². The molecular formula is C19H40N2O3S. The smallest absolute Gasteiger partial charge is 0.315 e. The molecule has 0 aliphatic rings. The average molecular weight is 377 g/mol. The number of carbonyl (C=O) groups is 1. The molecule has 2 unspecified atom stereocenters. The number of hydrogen-bond donors (Lipinski definition) is 2. The molecule has 0 radical (unpaired) electrons. The van der Waals surface area contributed by atoms with E-state index in [2.05, 4.69) is 38.3 Å². The van der Waals surface area contributed by atoms with E-state index in [-0.39, 0.29) is 11.4 Å². The maximum Gasteiger partial charge on any atom is 0.315 e. The Bertz CT molecular complexity index is 503. The van der Waals surface area contributed by atoms with Crippen molar-refractivity contribution in [3.63, 3.8) is 0 Å². The Kier molecular flexibility index (Phi) is 10.1. The number of urea groups is 1. The van der Waals surface area contributed by atoms with Crippen LogP contribution >= 0.6 is 0 Å². The first-order valence-corrected chi connectivity index (χ1v) is 11.7. The van der Waals surface area contributed by atoms with Gasteiger partial charge in [-0.2, -0.15) is 0 Å². The molecule has 0 bridgehead atoms. The van der Waals surface area contributed by atoms with E-state index in [1.54, 1.807) is 0 Å². The van der Waals surface area contributed by atoms with Crippen molar-refractivity contribution in [3.05, 3.63) is 0 Å². The second kappa shape index (κ2) is 10.4. The normalized spacial score (nSPS) is 16.1. The number of rotatable bonds is 12. The summed E-state index contributed by atoms with van der Waals surface area (Å²) in [6, 6.07) is -0.256. The molecule has 2 N–H and O–H groups in total. The summed E-state index contributed by atoms with van der Waals surface area (Å²) in [7, 11) is -3.26. The Morgan fingerprint density at radius 2 is 1.64 bits per heavy atom. The van der Waals surface area contributed by atoms with Crippen LogP contribution in [0, 0.1) is 5.41 Å². The quantitative estimate of drug-likeness (QED) is 0.534. The lowest BCUT2D eigenvalue weighted by Crippen LogP contribution is -2.61. The van der Waals surface area contributed by atoms with Crippen LogP contribution in [0.5, 0.6) is 0 Å². The molecule has 0 rings (SSSR count). The minimum absolute atomic E-state index is 0.0230. The van der Waals surface area contributed by atoms with Gasteiger partial charge < -0.3 is 10.6 Å². The highest BCUT2D eigenvalue weighted by molar-refractivity contribution is 7.91. The zero-order chi connectivity index (χ0) is 19.7. The second-order valence-electron chi connectivity index (χ2n) is 8.06. The molecule has 2 atom stereocenters. The minimum atomic E-state index is -3.26. The Morgan fingerprint density at radius 3 is 2.04 bits per heavy atom. The van der Waals surface area contributed by atoms with Crippen molar-refractivity contribution in [1.82, 2.24) is 10.6 Å². The molecule has 2 amide bonds. The minimum Gasteiger partial charge on any atom is -0.338 e. The molecule has 150 valence electrons. The Hall–Kier alpha value is -0.780. The molecule has 0 aromatic carbocycles. The van der Waals surface area contributed by atoms with Crippen LogP contribution < -0.4 is 10.6 Å². The van der Waals surface area contributed by atoms with Gasteiger partial charge in [0.25, 0.3) is 0 Å². The van der Waals surface area contributed by atoms with Gasteiger partial charge in [0.2, 0.25) is 0 Å². The molecule has 25 heavy (non-hydrogen) atoms. The predicted octanol–water partition coefficient (Wildman–Crippen LogP) is 4.27. The number of sulfone groups is 1. The van der Waals surface area contributed by atoms with Crippen molar-refractivity contribution < 1.29 is 13.2 Å². The van der Waals surface area contributed by atoms with Gasteiger partial charge in [-0.05, 0) is 31.1 Å². The van der Waals surface area contributed by atoms with Gasteiger partial charge >= 0.3 is 6.03 Å². The molecule has 0 heterocycles. The first-order chi connectivity index (χ1) is 11.5. The molecule has 0 spiro atoms. The highest BCUT2D eigenvalue weighted by Gasteiger charge is 2.43. The molecule has 0 saturated heterocycles. The van der Waals surface area contributed by atoms with Crippen LogP contribution in [-0.2, 0) is 9.84 Å². The lowest BCUT2D eigenvalue weighted by atomic mass is 9.83. The average Bonchev–Trinajstić information content (AvgIpc) is 2.50. The van der Waals surface area contributed by atoms with E-state index < -0.39 is 20.6 Å². The summed E-state index contributed by atoms with van der Waals surface area (Å²) < 4.78 is 24.8. The Balaban J connectivity index is 5.52. The summed E-state index contributed by atoms with van der Waals surface area (Å²) >= 11 is 0. The zero-order valence-corrected chi connectivity index (χ0v) is 18.2. The van der Waals surface area contributed by atoms with Gasteiger partial charge in [0.1, 0.15) is 0 Å². The van der Waals surface area contributed by atoms with Crippen molar-refractivity contribution in [2.45, 2.75) is 97.3 Å². The van der Waals surface area contributed by atoms with E-state index in [1.807, 2.05) is 13.8 Å². The van der Waals surface area contributed by atoms with Gasteiger partial charge in [0.15, 0.2) is 9.84 Å². The standard InChI is InChI=1S/C19H40N2O3S/c1-8-12-14-19(13-9-2,16(10-3)25(7,23)24)21-17(22)20-15-18(5,6)11-4/h16H,8-15H2,1-7H3,(H2,20,21,22). The van der Waals surface area contributed by atoms with Crippen molar-refractivity contribution >= 4 is 15.9 Å². The maximum atomic E-state index is 12.6. The largest absolute Gasteiger partial charge is 0.338 e. The number of carbonyl (C=O) groups excluding carboxylic acids is 1. The third kappa shape index (κ3) is 7.97. The summed E-state index contributed by atoms with van der Waals surface area (Å²) in [5.74, 6) is 0. The molecular weight excluding hydrogens is 336 g/mol. The zero-order valence-electron chi connectivity index (χ0n) is 17.4. The molecule has 0 fully saturated rings. The van der Waals surface area contributed by atoms with E-state index in [4.69, 9.17) is 0 Å². The van der Waals surface area contributed by atoms with E-state index in [9.17, 15) is 13.2 Å². The van der Waals surface area contributed by atoms with Crippen LogP contribution in [0.2, 0.25) is 0 Å². The fourth-order valence-electron chi connectivity index (χ4n) is 3.41. The number of amides is 2. The molecule has 0 aromatic heterocycles. The Labute approximate surface area is 155 Å². The lowest BCUT2D eigenvalue weighted by molar-refractivity contribution is 0.203. The first kappa shape index (κ1) is 24.2. The summed E-state index contributed by atoms with van der Waals surface area (Å²) in [5.41, 5.74) is -0.678. The highest BCUT2D eigenvalue weighted by Crippen LogP contribution is 2.31. The first-order valence-electron chi connectivity index (χ1n) is 9.72.